The Balaban J connectivity index is 2.47. The molecule has 1 N–H and O–H groups in total. The largest absolute Gasteiger partial charge is 0.507 e. The topological polar surface area (TPSA) is 46.3 Å². The van der Waals surface area contributed by atoms with Crippen molar-refractivity contribution >= 4 is 0 Å². The maximum Gasteiger partial charge on any atom is 0.452 e. The monoisotopic (exact) mass is 243 g/mol. The normalized spacial score (nSPS) is 11.8. The van der Waals surface area contributed by atoms with Crippen LogP contribution >= 0.6 is 0 Å². The highest BCUT2D eigenvalue weighted by molar-refractivity contribution is 5.67. The number of halogens is 3. The van der Waals surface area contributed by atoms with Gasteiger partial charge in [0.25, 0.3) is 0 Å². The molecule has 0 aliphatic rings. The molecule has 0 saturated carbocycles. The van der Waals surface area contributed by atoms with Crippen LogP contribution in [0.25, 0.3) is 11.3 Å². The van der Waals surface area contributed by atoms with Crippen LogP contribution in [-0.4, -0.2) is 10.3 Å². The lowest BCUT2D eigenvalue weighted by Crippen LogP contribution is -2.02. The van der Waals surface area contributed by atoms with Crippen molar-refractivity contribution in [2.75, 3.05) is 0 Å². The van der Waals surface area contributed by atoms with E-state index in [-0.39, 0.29) is 17.0 Å². The average Bonchev–Trinajstić information content (AvgIpc) is 2.70. The number of nitrogens with zero attached hydrogens (tertiary/aromatic N) is 1. The highest BCUT2D eigenvalue weighted by atomic mass is 19.4. The molecule has 0 atom stereocenters. The molecule has 1 heterocycles. The summed E-state index contributed by atoms with van der Waals surface area (Å²) >= 11 is 0. The molecule has 1 aromatic carbocycles. The molecule has 90 valence electrons. The maximum absolute atomic E-state index is 12.3. The summed E-state index contributed by atoms with van der Waals surface area (Å²) in [6, 6.07) is 5.33. The van der Waals surface area contributed by atoms with Crippen molar-refractivity contribution < 1.29 is 22.8 Å². The first-order valence-electron chi connectivity index (χ1n) is 4.72. The summed E-state index contributed by atoms with van der Waals surface area (Å²) in [7, 11) is 0. The zero-order valence-corrected chi connectivity index (χ0v) is 8.75. The first-order chi connectivity index (χ1) is 7.88. The second-order valence-electron chi connectivity index (χ2n) is 3.59. The first-order valence-corrected chi connectivity index (χ1v) is 4.72. The number of phenols is 1. The van der Waals surface area contributed by atoms with Gasteiger partial charge in [0.05, 0.1) is 0 Å². The van der Waals surface area contributed by atoms with Crippen molar-refractivity contribution in [2.45, 2.75) is 13.1 Å². The van der Waals surface area contributed by atoms with Gasteiger partial charge in [-0.1, -0.05) is 16.8 Å². The molecule has 2 rings (SSSR count). The van der Waals surface area contributed by atoms with E-state index in [0.717, 1.165) is 11.6 Å². The summed E-state index contributed by atoms with van der Waals surface area (Å²) < 4.78 is 41.1. The van der Waals surface area contributed by atoms with Gasteiger partial charge in [-0.05, 0) is 19.1 Å². The number of aromatic hydroxyl groups is 1. The van der Waals surface area contributed by atoms with Crippen molar-refractivity contribution in [1.82, 2.24) is 5.16 Å². The minimum atomic E-state index is -4.58. The van der Waals surface area contributed by atoms with E-state index >= 15 is 0 Å². The predicted molar refractivity (Wildman–Crippen MR) is 53.3 cm³/mol. The van der Waals surface area contributed by atoms with Crippen LogP contribution < -0.4 is 0 Å². The molecule has 0 spiro atoms. The molecule has 0 aliphatic carbocycles. The van der Waals surface area contributed by atoms with Gasteiger partial charge in [0, 0.05) is 11.6 Å². The third kappa shape index (κ3) is 2.25. The van der Waals surface area contributed by atoms with E-state index < -0.39 is 11.9 Å². The number of benzene rings is 1. The molecule has 0 unspecified atom stereocenters. The lowest BCUT2D eigenvalue weighted by molar-refractivity contribution is -0.155. The second-order valence-corrected chi connectivity index (χ2v) is 3.59. The Labute approximate surface area is 94.5 Å². The Morgan fingerprint density at radius 1 is 1.24 bits per heavy atom. The smallest absolute Gasteiger partial charge is 0.452 e. The maximum atomic E-state index is 12.3. The molecule has 17 heavy (non-hydrogen) atoms. The number of alkyl halides is 3. The van der Waals surface area contributed by atoms with Gasteiger partial charge < -0.3 is 9.63 Å². The van der Waals surface area contributed by atoms with Gasteiger partial charge in [0.1, 0.15) is 11.4 Å². The minimum absolute atomic E-state index is 0.0430. The second kappa shape index (κ2) is 3.80. The molecule has 0 bridgehead atoms. The van der Waals surface area contributed by atoms with Gasteiger partial charge >= 0.3 is 6.18 Å². The van der Waals surface area contributed by atoms with Gasteiger partial charge in [-0.3, -0.25) is 0 Å². The molecule has 2 aromatic rings. The van der Waals surface area contributed by atoms with E-state index in [1.54, 1.807) is 13.0 Å². The van der Waals surface area contributed by atoms with Crippen molar-refractivity contribution in [2.24, 2.45) is 0 Å². The van der Waals surface area contributed by atoms with E-state index in [2.05, 4.69) is 9.68 Å². The van der Waals surface area contributed by atoms with Crippen LogP contribution in [0.5, 0.6) is 5.75 Å². The van der Waals surface area contributed by atoms with Crippen molar-refractivity contribution in [1.29, 1.82) is 0 Å². The fourth-order valence-corrected chi connectivity index (χ4v) is 1.39. The third-order valence-electron chi connectivity index (χ3n) is 2.22. The van der Waals surface area contributed by atoms with Crippen molar-refractivity contribution in [3.05, 3.63) is 35.6 Å². The number of hydrogen-bond donors (Lipinski definition) is 1. The number of aryl methyl sites for hydroxylation is 1. The van der Waals surface area contributed by atoms with E-state index in [0.29, 0.717) is 0 Å². The molecule has 0 radical (unpaired) electrons. The molecular weight excluding hydrogens is 235 g/mol. The van der Waals surface area contributed by atoms with Crippen molar-refractivity contribution in [3.8, 4) is 17.0 Å². The van der Waals surface area contributed by atoms with Gasteiger partial charge in [-0.15, -0.1) is 0 Å². The first kappa shape index (κ1) is 11.5. The highest BCUT2D eigenvalue weighted by Gasteiger charge is 2.36. The summed E-state index contributed by atoms with van der Waals surface area (Å²) in [6.45, 7) is 1.76. The number of phenolic OH excluding ortho intramolecular Hbond substituents is 1. The fourth-order valence-electron chi connectivity index (χ4n) is 1.39. The van der Waals surface area contributed by atoms with Crippen LogP contribution in [0, 0.1) is 6.92 Å². The minimum Gasteiger partial charge on any atom is -0.507 e. The van der Waals surface area contributed by atoms with Gasteiger partial charge in [0.2, 0.25) is 5.76 Å². The Kier molecular flexibility index (Phi) is 2.57. The standard InChI is InChI=1S/C11H8F3NO2/c1-6-2-3-9(16)7(4-6)8-5-10(17-15-8)11(12,13)14/h2-5,16H,1H3. The number of hydrogen-bond acceptors (Lipinski definition) is 3. The lowest BCUT2D eigenvalue weighted by atomic mass is 10.1. The molecule has 3 nitrogen and oxygen atoms in total. The van der Waals surface area contributed by atoms with Gasteiger partial charge in [0.15, 0.2) is 0 Å². The van der Waals surface area contributed by atoms with Crippen LogP contribution in [0.15, 0.2) is 28.8 Å². The summed E-state index contributed by atoms with van der Waals surface area (Å²) in [6.07, 6.45) is -4.58. The van der Waals surface area contributed by atoms with Crippen LogP contribution in [-0.2, 0) is 6.18 Å². The molecule has 1 aromatic heterocycles. The zero-order valence-electron chi connectivity index (χ0n) is 8.75. The fraction of sp³-hybridized carbons (Fsp3) is 0.182. The van der Waals surface area contributed by atoms with E-state index in [4.69, 9.17) is 0 Å². The summed E-state index contributed by atoms with van der Waals surface area (Å²) in [5, 5.41) is 12.8. The van der Waals surface area contributed by atoms with Crippen LogP contribution in [0.3, 0.4) is 0 Å². The number of rotatable bonds is 1. The van der Waals surface area contributed by atoms with Crippen molar-refractivity contribution in [3.63, 3.8) is 0 Å². The molecule has 6 heteroatoms. The predicted octanol–water partition coefficient (Wildman–Crippen LogP) is 3.37. The van der Waals surface area contributed by atoms with Gasteiger partial charge in [-0.2, -0.15) is 13.2 Å². The van der Waals surface area contributed by atoms with Crippen LogP contribution in [0.4, 0.5) is 13.2 Å². The summed E-state index contributed by atoms with van der Waals surface area (Å²) in [5.41, 5.74) is 0.970. The quantitative estimate of drug-likeness (QED) is 0.835. The Morgan fingerprint density at radius 2 is 1.94 bits per heavy atom. The van der Waals surface area contributed by atoms with Crippen LogP contribution in [0.2, 0.25) is 0 Å². The zero-order chi connectivity index (χ0) is 12.6. The molecular formula is C11H8F3NO2. The third-order valence-corrected chi connectivity index (χ3v) is 2.22. The Bertz CT molecular complexity index is 546. The molecule has 0 saturated heterocycles. The molecule has 0 fully saturated rings. The Hall–Kier alpha value is -1.98. The average molecular weight is 243 g/mol. The molecule has 0 amide bonds. The summed E-state index contributed by atoms with van der Waals surface area (Å²) in [4.78, 5) is 0. The van der Waals surface area contributed by atoms with E-state index in [1.807, 2.05) is 0 Å². The molecule has 0 aliphatic heterocycles. The number of aromatic nitrogens is 1. The highest BCUT2D eigenvalue weighted by Crippen LogP contribution is 2.35. The van der Waals surface area contributed by atoms with E-state index in [9.17, 15) is 18.3 Å². The summed E-state index contributed by atoms with van der Waals surface area (Å²) in [5.74, 6) is -1.33. The van der Waals surface area contributed by atoms with E-state index in [1.165, 1.54) is 12.1 Å². The lowest BCUT2D eigenvalue weighted by Gasteiger charge is -2.01. The Morgan fingerprint density at radius 3 is 2.53 bits per heavy atom. The van der Waals surface area contributed by atoms with Crippen LogP contribution in [0.1, 0.15) is 11.3 Å². The SMILES string of the molecule is Cc1ccc(O)c(-c2cc(C(F)(F)F)on2)c1. The van der Waals surface area contributed by atoms with Gasteiger partial charge in [-0.25, -0.2) is 0 Å².